The second-order valence-electron chi connectivity index (χ2n) is 5.22. The molecule has 5 nitrogen and oxygen atoms in total. The Bertz CT molecular complexity index is 452. The Hall–Kier alpha value is -1.78. The molecule has 2 rings (SSSR count). The number of fused-ring (bicyclic) bond motifs is 1. The molecule has 2 N–H and O–H groups in total. The summed E-state index contributed by atoms with van der Waals surface area (Å²) in [5.41, 5.74) is 1.66. The molecular weight excluding hydrogens is 218 g/mol. The van der Waals surface area contributed by atoms with Crippen LogP contribution in [0.3, 0.4) is 0 Å². The van der Waals surface area contributed by atoms with Crippen molar-refractivity contribution in [3.8, 4) is 0 Å². The summed E-state index contributed by atoms with van der Waals surface area (Å²) in [5.74, 6) is 0.791. The number of rotatable bonds is 1. The Morgan fingerprint density at radius 3 is 2.82 bits per heavy atom. The number of nitrogens with one attached hydrogen (secondary N) is 1. The second kappa shape index (κ2) is 3.91. The van der Waals surface area contributed by atoms with Crippen LogP contribution >= 0.6 is 0 Å². The first-order valence-electron chi connectivity index (χ1n) is 5.65. The highest BCUT2D eigenvalue weighted by atomic mass is 16.4. The molecule has 0 radical (unpaired) electrons. The van der Waals surface area contributed by atoms with Crippen molar-refractivity contribution in [3.63, 3.8) is 0 Å². The molecule has 0 saturated carbocycles. The van der Waals surface area contributed by atoms with Gasteiger partial charge in [0.25, 0.3) is 0 Å². The molecule has 1 aliphatic heterocycles. The van der Waals surface area contributed by atoms with Crippen molar-refractivity contribution in [1.29, 1.82) is 0 Å². The Morgan fingerprint density at radius 1 is 1.53 bits per heavy atom. The molecule has 17 heavy (non-hydrogen) atoms. The van der Waals surface area contributed by atoms with E-state index in [0.717, 1.165) is 17.1 Å². The van der Waals surface area contributed by atoms with Crippen LogP contribution in [0.2, 0.25) is 0 Å². The zero-order valence-corrected chi connectivity index (χ0v) is 10.3. The summed E-state index contributed by atoms with van der Waals surface area (Å²) in [5, 5.41) is 12.4. The van der Waals surface area contributed by atoms with E-state index in [1.807, 2.05) is 0 Å². The van der Waals surface area contributed by atoms with Gasteiger partial charge in [-0.25, -0.2) is 9.78 Å². The summed E-state index contributed by atoms with van der Waals surface area (Å²) in [6.07, 6.45) is 1.46. The third-order valence-electron chi connectivity index (χ3n) is 2.63. The molecule has 0 spiro atoms. The summed E-state index contributed by atoms with van der Waals surface area (Å²) < 4.78 is 0. The Labute approximate surface area is 100 Å². The van der Waals surface area contributed by atoms with E-state index < -0.39 is 6.09 Å². The highest BCUT2D eigenvalue weighted by molar-refractivity contribution is 5.90. The number of aromatic nitrogens is 1. The lowest BCUT2D eigenvalue weighted by Crippen LogP contribution is -2.27. The number of pyridine rings is 1. The first kappa shape index (κ1) is 11.7. The van der Waals surface area contributed by atoms with Gasteiger partial charge in [-0.2, -0.15) is 0 Å². The van der Waals surface area contributed by atoms with Gasteiger partial charge in [0.05, 0.1) is 5.69 Å². The minimum Gasteiger partial charge on any atom is -0.465 e. The molecule has 0 aliphatic carbocycles. The first-order valence-corrected chi connectivity index (χ1v) is 5.65. The maximum atomic E-state index is 11.0. The van der Waals surface area contributed by atoms with Crippen LogP contribution in [0.1, 0.15) is 26.3 Å². The van der Waals surface area contributed by atoms with Crippen LogP contribution in [-0.4, -0.2) is 28.3 Å². The van der Waals surface area contributed by atoms with Crippen LogP contribution in [0, 0.1) is 0 Å². The number of hydrogen-bond donors (Lipinski definition) is 2. The minimum atomic E-state index is -0.906. The van der Waals surface area contributed by atoms with Crippen molar-refractivity contribution < 1.29 is 9.90 Å². The fraction of sp³-hybridized carbons (Fsp3) is 0.500. The van der Waals surface area contributed by atoms with E-state index in [2.05, 4.69) is 31.1 Å². The smallest absolute Gasteiger partial charge is 0.411 e. The molecule has 0 unspecified atom stereocenters. The third-order valence-corrected chi connectivity index (χ3v) is 2.63. The molecule has 2 heterocycles. The number of anilines is 2. The quantitative estimate of drug-likeness (QED) is 0.784. The lowest BCUT2D eigenvalue weighted by molar-refractivity contribution is 0.202. The standard InChI is InChI=1S/C12H17N3O2/c1-12(2,3)14-10-8-5-7-15(11(16)17)9(8)4-6-13-10/h4,6H,5,7H2,1-3H3,(H,13,14)(H,16,17). The van der Waals surface area contributed by atoms with Crippen molar-refractivity contribution in [3.05, 3.63) is 17.8 Å². The summed E-state index contributed by atoms with van der Waals surface area (Å²) in [6, 6.07) is 1.75. The van der Waals surface area contributed by atoms with E-state index >= 15 is 0 Å². The average molecular weight is 235 g/mol. The van der Waals surface area contributed by atoms with E-state index in [9.17, 15) is 4.79 Å². The average Bonchev–Trinajstić information content (AvgIpc) is 2.59. The van der Waals surface area contributed by atoms with Crippen LogP contribution in [0.25, 0.3) is 0 Å². The molecule has 92 valence electrons. The normalized spacial score (nSPS) is 14.6. The second-order valence-corrected chi connectivity index (χ2v) is 5.22. The van der Waals surface area contributed by atoms with Crippen molar-refractivity contribution in [2.45, 2.75) is 32.7 Å². The molecule has 0 atom stereocenters. The van der Waals surface area contributed by atoms with Crippen molar-refractivity contribution in [2.75, 3.05) is 16.8 Å². The fourth-order valence-electron chi connectivity index (χ4n) is 1.99. The molecule has 1 amide bonds. The van der Waals surface area contributed by atoms with Gasteiger partial charge in [-0.3, -0.25) is 4.90 Å². The predicted octanol–water partition coefficient (Wildman–Crippen LogP) is 2.33. The highest BCUT2D eigenvalue weighted by Crippen LogP contribution is 2.33. The number of hydrogen-bond acceptors (Lipinski definition) is 3. The summed E-state index contributed by atoms with van der Waals surface area (Å²) in [6.45, 7) is 6.67. The van der Waals surface area contributed by atoms with Gasteiger partial charge < -0.3 is 10.4 Å². The topological polar surface area (TPSA) is 65.5 Å². The SMILES string of the molecule is CC(C)(C)Nc1nccc2c1CCN2C(=O)O. The van der Waals surface area contributed by atoms with Crippen LogP contribution < -0.4 is 10.2 Å². The molecule has 5 heteroatoms. The van der Waals surface area contributed by atoms with Crippen molar-refractivity contribution in [2.24, 2.45) is 0 Å². The van der Waals surface area contributed by atoms with E-state index in [1.165, 1.54) is 4.90 Å². The lowest BCUT2D eigenvalue weighted by atomic mass is 10.1. The number of amides is 1. The number of carboxylic acid groups (broad SMARTS) is 1. The zero-order chi connectivity index (χ0) is 12.6. The van der Waals surface area contributed by atoms with Gasteiger partial charge in [0.1, 0.15) is 5.82 Å². The molecule has 1 aromatic heterocycles. The Kier molecular flexibility index (Phi) is 2.69. The zero-order valence-electron chi connectivity index (χ0n) is 10.3. The summed E-state index contributed by atoms with van der Waals surface area (Å²) in [7, 11) is 0. The van der Waals surface area contributed by atoms with Crippen molar-refractivity contribution >= 4 is 17.6 Å². The van der Waals surface area contributed by atoms with E-state index in [4.69, 9.17) is 5.11 Å². The van der Waals surface area contributed by atoms with Gasteiger partial charge in [0.15, 0.2) is 0 Å². The van der Waals surface area contributed by atoms with E-state index in [1.54, 1.807) is 12.3 Å². The third kappa shape index (κ3) is 2.33. The predicted molar refractivity (Wildman–Crippen MR) is 66.7 cm³/mol. The van der Waals surface area contributed by atoms with Crippen LogP contribution in [-0.2, 0) is 6.42 Å². The highest BCUT2D eigenvalue weighted by Gasteiger charge is 2.27. The number of carbonyl (C=O) groups is 1. The van der Waals surface area contributed by atoms with Crippen LogP contribution in [0.4, 0.5) is 16.3 Å². The van der Waals surface area contributed by atoms with Gasteiger partial charge >= 0.3 is 6.09 Å². The molecule has 0 bridgehead atoms. The van der Waals surface area contributed by atoms with Gasteiger partial charge in [0.2, 0.25) is 0 Å². The van der Waals surface area contributed by atoms with Crippen LogP contribution in [0.5, 0.6) is 0 Å². The number of nitrogens with zero attached hydrogens (tertiary/aromatic N) is 2. The minimum absolute atomic E-state index is 0.0846. The first-order chi connectivity index (χ1) is 7.88. The van der Waals surface area contributed by atoms with Gasteiger partial charge in [-0.1, -0.05) is 0 Å². The van der Waals surface area contributed by atoms with Crippen molar-refractivity contribution in [1.82, 2.24) is 4.98 Å². The van der Waals surface area contributed by atoms with E-state index in [-0.39, 0.29) is 5.54 Å². The maximum Gasteiger partial charge on any atom is 0.411 e. The fourth-order valence-corrected chi connectivity index (χ4v) is 1.99. The van der Waals surface area contributed by atoms with Gasteiger partial charge in [0, 0.05) is 23.8 Å². The van der Waals surface area contributed by atoms with Gasteiger partial charge in [-0.15, -0.1) is 0 Å². The Morgan fingerprint density at radius 2 is 2.24 bits per heavy atom. The molecule has 0 fully saturated rings. The molecule has 0 saturated heterocycles. The van der Waals surface area contributed by atoms with Gasteiger partial charge in [-0.05, 0) is 33.3 Å². The maximum absolute atomic E-state index is 11.0. The largest absolute Gasteiger partial charge is 0.465 e. The molecule has 1 aliphatic rings. The molecule has 1 aromatic rings. The van der Waals surface area contributed by atoms with E-state index in [0.29, 0.717) is 13.0 Å². The monoisotopic (exact) mass is 235 g/mol. The molecular formula is C12H17N3O2. The Balaban J connectivity index is 2.36. The summed E-state index contributed by atoms with van der Waals surface area (Å²) in [4.78, 5) is 16.7. The lowest BCUT2D eigenvalue weighted by Gasteiger charge is -2.23. The molecule has 0 aromatic carbocycles. The summed E-state index contributed by atoms with van der Waals surface area (Å²) >= 11 is 0. The van der Waals surface area contributed by atoms with Crippen LogP contribution in [0.15, 0.2) is 12.3 Å².